The Morgan fingerprint density at radius 2 is 2.33 bits per heavy atom. The standard InChI is InChI=1S/C14H20N2O2/c1-11-5-7-15-9-12(11)10-16-8-4-3-6-14(16,2)13(17)18/h5,7,9H,3-4,6,8,10H2,1-2H3,(H,17,18). The number of aryl methyl sites for hydroxylation is 1. The zero-order valence-electron chi connectivity index (χ0n) is 11.0. The minimum Gasteiger partial charge on any atom is -0.480 e. The van der Waals surface area contributed by atoms with Gasteiger partial charge >= 0.3 is 5.97 Å². The summed E-state index contributed by atoms with van der Waals surface area (Å²) in [5, 5.41) is 9.46. The maximum atomic E-state index is 11.5. The molecule has 2 rings (SSSR count). The van der Waals surface area contributed by atoms with Crippen molar-refractivity contribution in [2.45, 2.75) is 45.2 Å². The predicted molar refractivity (Wildman–Crippen MR) is 69.3 cm³/mol. The Bertz CT molecular complexity index is 447. The van der Waals surface area contributed by atoms with Crippen LogP contribution in [0.15, 0.2) is 18.5 Å². The lowest BCUT2D eigenvalue weighted by Gasteiger charge is -2.41. The summed E-state index contributed by atoms with van der Waals surface area (Å²) in [5.41, 5.74) is 1.55. The monoisotopic (exact) mass is 248 g/mol. The number of carboxylic acids is 1. The molecule has 1 aliphatic heterocycles. The molecule has 98 valence electrons. The Morgan fingerprint density at radius 1 is 1.56 bits per heavy atom. The maximum absolute atomic E-state index is 11.5. The van der Waals surface area contributed by atoms with Crippen molar-refractivity contribution in [3.8, 4) is 0 Å². The Balaban J connectivity index is 2.21. The van der Waals surface area contributed by atoms with Gasteiger partial charge in [0.05, 0.1) is 0 Å². The maximum Gasteiger partial charge on any atom is 0.323 e. The number of aliphatic carboxylic acids is 1. The van der Waals surface area contributed by atoms with Crippen molar-refractivity contribution < 1.29 is 9.90 Å². The van der Waals surface area contributed by atoms with Crippen molar-refractivity contribution in [2.24, 2.45) is 0 Å². The van der Waals surface area contributed by atoms with E-state index in [1.54, 1.807) is 6.20 Å². The average Bonchev–Trinajstić information content (AvgIpc) is 2.34. The van der Waals surface area contributed by atoms with Crippen LogP contribution in [-0.2, 0) is 11.3 Å². The average molecular weight is 248 g/mol. The molecule has 1 aromatic rings. The quantitative estimate of drug-likeness (QED) is 0.891. The normalized spacial score (nSPS) is 25.0. The lowest BCUT2D eigenvalue weighted by molar-refractivity contribution is -0.153. The van der Waals surface area contributed by atoms with Crippen molar-refractivity contribution in [3.05, 3.63) is 29.6 Å². The minimum absolute atomic E-state index is 0.669. The smallest absolute Gasteiger partial charge is 0.323 e. The first-order valence-corrected chi connectivity index (χ1v) is 6.42. The van der Waals surface area contributed by atoms with E-state index >= 15 is 0 Å². The number of hydrogen-bond acceptors (Lipinski definition) is 3. The summed E-state index contributed by atoms with van der Waals surface area (Å²) in [6.45, 7) is 5.39. The van der Waals surface area contributed by atoms with E-state index in [1.165, 1.54) is 5.56 Å². The van der Waals surface area contributed by atoms with E-state index in [0.29, 0.717) is 6.54 Å². The molecule has 1 N–H and O–H groups in total. The van der Waals surface area contributed by atoms with Crippen molar-refractivity contribution in [2.75, 3.05) is 6.54 Å². The number of pyridine rings is 1. The topological polar surface area (TPSA) is 53.4 Å². The van der Waals surface area contributed by atoms with Gasteiger partial charge in [0.1, 0.15) is 5.54 Å². The van der Waals surface area contributed by atoms with E-state index in [9.17, 15) is 9.90 Å². The van der Waals surface area contributed by atoms with Gasteiger partial charge in [0.2, 0.25) is 0 Å². The van der Waals surface area contributed by atoms with Gasteiger partial charge in [-0.15, -0.1) is 0 Å². The SMILES string of the molecule is Cc1ccncc1CN1CCCCC1(C)C(=O)O. The third kappa shape index (κ3) is 2.38. The predicted octanol–water partition coefficient (Wildman–Crippen LogP) is 2.22. The van der Waals surface area contributed by atoms with Crippen LogP contribution in [0.4, 0.5) is 0 Å². The molecule has 4 nitrogen and oxygen atoms in total. The van der Waals surface area contributed by atoms with Gasteiger partial charge in [-0.05, 0) is 56.8 Å². The van der Waals surface area contributed by atoms with Crippen LogP contribution >= 0.6 is 0 Å². The highest BCUT2D eigenvalue weighted by Crippen LogP contribution is 2.30. The van der Waals surface area contributed by atoms with Gasteiger partial charge in [-0.2, -0.15) is 0 Å². The van der Waals surface area contributed by atoms with Gasteiger partial charge in [0, 0.05) is 18.9 Å². The van der Waals surface area contributed by atoms with E-state index < -0.39 is 11.5 Å². The number of piperidine rings is 1. The van der Waals surface area contributed by atoms with E-state index in [2.05, 4.69) is 9.88 Å². The number of aromatic nitrogens is 1. The van der Waals surface area contributed by atoms with Gasteiger partial charge in [0.15, 0.2) is 0 Å². The summed E-state index contributed by atoms with van der Waals surface area (Å²) in [6.07, 6.45) is 6.40. The molecule has 0 spiro atoms. The fourth-order valence-electron chi connectivity index (χ4n) is 2.54. The molecule has 1 unspecified atom stereocenters. The summed E-state index contributed by atoms with van der Waals surface area (Å²) in [7, 11) is 0. The van der Waals surface area contributed by atoms with Gasteiger partial charge in [-0.3, -0.25) is 14.7 Å². The Hall–Kier alpha value is -1.42. The van der Waals surface area contributed by atoms with Gasteiger partial charge in [-0.25, -0.2) is 0 Å². The van der Waals surface area contributed by atoms with Crippen molar-refractivity contribution in [3.63, 3.8) is 0 Å². The third-order valence-electron chi connectivity index (χ3n) is 4.01. The molecule has 2 heterocycles. The molecular weight excluding hydrogens is 228 g/mol. The molecule has 0 radical (unpaired) electrons. The summed E-state index contributed by atoms with van der Waals surface area (Å²) < 4.78 is 0. The highest BCUT2D eigenvalue weighted by atomic mass is 16.4. The van der Waals surface area contributed by atoms with Crippen LogP contribution in [0.1, 0.15) is 37.3 Å². The van der Waals surface area contributed by atoms with Crippen LogP contribution in [0.2, 0.25) is 0 Å². The van der Waals surface area contributed by atoms with E-state index in [1.807, 2.05) is 26.1 Å². The molecular formula is C14H20N2O2. The third-order valence-corrected chi connectivity index (χ3v) is 4.01. The Morgan fingerprint density at radius 3 is 3.00 bits per heavy atom. The van der Waals surface area contributed by atoms with Gasteiger partial charge in [0.25, 0.3) is 0 Å². The molecule has 1 aliphatic rings. The van der Waals surface area contributed by atoms with Crippen LogP contribution in [0.5, 0.6) is 0 Å². The second-order valence-electron chi connectivity index (χ2n) is 5.26. The number of rotatable bonds is 3. The highest BCUT2D eigenvalue weighted by Gasteiger charge is 2.41. The molecule has 4 heteroatoms. The molecule has 1 fully saturated rings. The van der Waals surface area contributed by atoms with E-state index in [0.717, 1.165) is 31.4 Å². The summed E-state index contributed by atoms with van der Waals surface area (Å²) in [4.78, 5) is 17.7. The lowest BCUT2D eigenvalue weighted by Crippen LogP contribution is -2.54. The fourth-order valence-corrected chi connectivity index (χ4v) is 2.54. The van der Waals surface area contributed by atoms with Crippen LogP contribution in [0, 0.1) is 6.92 Å². The number of nitrogens with zero attached hydrogens (tertiary/aromatic N) is 2. The van der Waals surface area contributed by atoms with Crippen LogP contribution < -0.4 is 0 Å². The number of carbonyl (C=O) groups is 1. The molecule has 0 bridgehead atoms. The van der Waals surface area contributed by atoms with Gasteiger partial charge < -0.3 is 5.11 Å². The molecule has 1 atom stereocenters. The molecule has 18 heavy (non-hydrogen) atoms. The summed E-state index contributed by atoms with van der Waals surface area (Å²) in [6, 6.07) is 1.97. The molecule has 0 aliphatic carbocycles. The number of hydrogen-bond donors (Lipinski definition) is 1. The van der Waals surface area contributed by atoms with Crippen LogP contribution in [0.25, 0.3) is 0 Å². The number of carboxylic acid groups (broad SMARTS) is 1. The Kier molecular flexibility index (Phi) is 3.66. The van der Waals surface area contributed by atoms with E-state index in [-0.39, 0.29) is 0 Å². The van der Waals surface area contributed by atoms with Crippen LogP contribution in [-0.4, -0.2) is 33.0 Å². The Labute approximate surface area is 108 Å². The minimum atomic E-state index is -0.736. The summed E-state index contributed by atoms with van der Waals surface area (Å²) in [5.74, 6) is -0.719. The van der Waals surface area contributed by atoms with Crippen LogP contribution in [0.3, 0.4) is 0 Å². The first-order chi connectivity index (χ1) is 8.54. The first-order valence-electron chi connectivity index (χ1n) is 6.42. The second kappa shape index (κ2) is 5.06. The van der Waals surface area contributed by atoms with Gasteiger partial charge in [-0.1, -0.05) is 0 Å². The first kappa shape index (κ1) is 13.0. The summed E-state index contributed by atoms with van der Waals surface area (Å²) >= 11 is 0. The lowest BCUT2D eigenvalue weighted by atomic mass is 9.88. The fraction of sp³-hybridized carbons (Fsp3) is 0.571. The molecule has 0 aromatic carbocycles. The van der Waals surface area contributed by atoms with Crippen molar-refractivity contribution >= 4 is 5.97 Å². The van der Waals surface area contributed by atoms with Crippen molar-refractivity contribution in [1.29, 1.82) is 0 Å². The zero-order chi connectivity index (χ0) is 13.2. The molecule has 0 amide bonds. The number of likely N-dealkylation sites (tertiary alicyclic amines) is 1. The largest absolute Gasteiger partial charge is 0.480 e. The highest BCUT2D eigenvalue weighted by molar-refractivity contribution is 5.78. The zero-order valence-corrected chi connectivity index (χ0v) is 11.0. The van der Waals surface area contributed by atoms with E-state index in [4.69, 9.17) is 0 Å². The molecule has 1 saturated heterocycles. The second-order valence-corrected chi connectivity index (χ2v) is 5.26. The molecule has 0 saturated carbocycles. The molecule has 1 aromatic heterocycles. The van der Waals surface area contributed by atoms with Crippen molar-refractivity contribution in [1.82, 2.24) is 9.88 Å².